The molecule has 0 bridgehead atoms. The van der Waals surface area contributed by atoms with Crippen molar-refractivity contribution in [1.29, 1.82) is 0 Å². The molecule has 2 aliphatic heterocycles. The van der Waals surface area contributed by atoms with E-state index < -0.39 is 6.23 Å². The fraction of sp³-hybridized carbons (Fsp3) is 0.682. The van der Waals surface area contributed by atoms with Crippen LogP contribution in [0.4, 0.5) is 0 Å². The van der Waals surface area contributed by atoms with Crippen LogP contribution in [0.1, 0.15) is 24.8 Å². The number of rotatable bonds is 6. The molecule has 7 heteroatoms. The lowest BCUT2D eigenvalue weighted by atomic mass is 9.91. The van der Waals surface area contributed by atoms with E-state index in [9.17, 15) is 9.90 Å². The zero-order chi connectivity index (χ0) is 20.2. The van der Waals surface area contributed by atoms with Crippen LogP contribution in [0, 0.1) is 0 Å². The number of piperazine rings is 2. The Balaban J connectivity index is 1.18. The molecule has 160 valence electrons. The number of aliphatic hydroxyl groups is 1. The molecule has 0 aromatic heterocycles. The zero-order valence-corrected chi connectivity index (χ0v) is 18.8. The molecule has 29 heavy (non-hydrogen) atoms. The van der Waals surface area contributed by atoms with Crippen LogP contribution in [0.5, 0.6) is 0 Å². The first-order chi connectivity index (χ1) is 14.1. The summed E-state index contributed by atoms with van der Waals surface area (Å²) in [6, 6.07) is 8.83. The van der Waals surface area contributed by atoms with Gasteiger partial charge in [0.25, 0.3) is 0 Å². The molecule has 1 N–H and O–H groups in total. The molecule has 1 aromatic carbocycles. The third-order valence-corrected chi connectivity index (χ3v) is 7.58. The number of hydrogen-bond donors (Lipinski definition) is 1. The van der Waals surface area contributed by atoms with Crippen molar-refractivity contribution in [2.45, 2.75) is 38.0 Å². The molecule has 2 saturated heterocycles. The largest absolute Gasteiger partial charge is 0.378 e. The van der Waals surface area contributed by atoms with Gasteiger partial charge in [0.2, 0.25) is 5.91 Å². The normalized spacial score (nSPS) is 23.7. The Morgan fingerprint density at radius 3 is 2.34 bits per heavy atom. The van der Waals surface area contributed by atoms with E-state index >= 15 is 0 Å². The van der Waals surface area contributed by atoms with Gasteiger partial charge in [-0.25, -0.2) is 0 Å². The Bertz CT molecular complexity index is 683. The average Bonchev–Trinajstić information content (AvgIpc) is 2.69. The van der Waals surface area contributed by atoms with Crippen LogP contribution < -0.4 is 0 Å². The first-order valence-corrected chi connectivity index (χ1v) is 11.8. The summed E-state index contributed by atoms with van der Waals surface area (Å²) >= 11 is 3.56. The molecule has 6 nitrogen and oxygen atoms in total. The lowest BCUT2D eigenvalue weighted by molar-refractivity contribution is -0.135. The van der Waals surface area contributed by atoms with E-state index in [2.05, 4.69) is 30.6 Å². The predicted molar refractivity (Wildman–Crippen MR) is 118 cm³/mol. The molecule has 1 amide bonds. The van der Waals surface area contributed by atoms with Crippen LogP contribution in [-0.2, 0) is 11.2 Å². The molecule has 1 aliphatic carbocycles. The van der Waals surface area contributed by atoms with Crippen LogP contribution in [-0.4, -0.2) is 102 Å². The van der Waals surface area contributed by atoms with Gasteiger partial charge >= 0.3 is 0 Å². The van der Waals surface area contributed by atoms with Crippen molar-refractivity contribution in [3.8, 4) is 0 Å². The quantitative estimate of drug-likeness (QED) is 0.692. The average molecular weight is 465 g/mol. The second-order valence-corrected chi connectivity index (χ2v) is 9.44. The van der Waals surface area contributed by atoms with Gasteiger partial charge in [-0.15, -0.1) is 0 Å². The Hall–Kier alpha value is -0.990. The predicted octanol–water partition coefficient (Wildman–Crippen LogP) is 1.62. The van der Waals surface area contributed by atoms with Crippen molar-refractivity contribution in [3.63, 3.8) is 0 Å². The highest BCUT2D eigenvalue weighted by Crippen LogP contribution is 2.25. The first kappa shape index (κ1) is 21.2. The second-order valence-electron chi connectivity index (χ2n) is 8.59. The first-order valence-electron chi connectivity index (χ1n) is 11.0. The highest BCUT2D eigenvalue weighted by atomic mass is 79.9. The third-order valence-electron chi connectivity index (χ3n) is 6.81. The van der Waals surface area contributed by atoms with Gasteiger partial charge in [0.15, 0.2) is 0 Å². The molecular weight excluding hydrogens is 432 g/mol. The van der Waals surface area contributed by atoms with Gasteiger partial charge in [0.05, 0.1) is 6.54 Å². The van der Waals surface area contributed by atoms with Gasteiger partial charge in [0, 0.05) is 69.3 Å². The van der Waals surface area contributed by atoms with Gasteiger partial charge < -0.3 is 10.0 Å². The maximum Gasteiger partial charge on any atom is 0.236 e. The monoisotopic (exact) mass is 464 g/mol. The molecule has 1 aromatic rings. The number of carbonyl (C=O) groups is 1. The summed E-state index contributed by atoms with van der Waals surface area (Å²) in [5, 5.41) is 10.6. The van der Waals surface area contributed by atoms with Crippen LogP contribution in [0.2, 0.25) is 0 Å². The van der Waals surface area contributed by atoms with E-state index in [1.165, 1.54) is 19.3 Å². The Morgan fingerprint density at radius 2 is 1.72 bits per heavy atom. The number of hydrogen-bond acceptors (Lipinski definition) is 5. The number of benzene rings is 1. The molecule has 3 fully saturated rings. The highest BCUT2D eigenvalue weighted by Gasteiger charge is 2.30. The lowest BCUT2D eigenvalue weighted by Crippen LogP contribution is -2.56. The standard InChI is InChI=1S/C22H33BrN4O2/c23-20-7-2-1-4-18(20)16-21(28)26-10-8-24(9-11-26)17-22(29)27-14-12-25(13-15-27)19-5-3-6-19/h1-2,4,7,19,21,28H,3,5-6,8-17H2. The fourth-order valence-corrected chi connectivity index (χ4v) is 5.04. The molecule has 3 aliphatic rings. The summed E-state index contributed by atoms with van der Waals surface area (Å²) in [6.45, 7) is 7.60. The smallest absolute Gasteiger partial charge is 0.236 e. The van der Waals surface area contributed by atoms with Gasteiger partial charge in [-0.3, -0.25) is 19.5 Å². The van der Waals surface area contributed by atoms with Crippen molar-refractivity contribution in [1.82, 2.24) is 19.6 Å². The maximum atomic E-state index is 12.7. The Morgan fingerprint density at radius 1 is 1.03 bits per heavy atom. The maximum absolute atomic E-state index is 12.7. The summed E-state index contributed by atoms with van der Waals surface area (Å²) in [6.07, 6.45) is 4.18. The van der Waals surface area contributed by atoms with Crippen molar-refractivity contribution in [3.05, 3.63) is 34.3 Å². The van der Waals surface area contributed by atoms with Gasteiger partial charge in [-0.2, -0.15) is 0 Å². The van der Waals surface area contributed by atoms with E-state index in [-0.39, 0.29) is 5.91 Å². The van der Waals surface area contributed by atoms with Gasteiger partial charge in [-0.05, 0) is 24.5 Å². The minimum atomic E-state index is -0.480. The van der Waals surface area contributed by atoms with Crippen molar-refractivity contribution in [2.24, 2.45) is 0 Å². The van der Waals surface area contributed by atoms with Crippen LogP contribution in [0.15, 0.2) is 28.7 Å². The number of aliphatic hydroxyl groups excluding tert-OH is 1. The highest BCUT2D eigenvalue weighted by molar-refractivity contribution is 9.10. The zero-order valence-electron chi connectivity index (χ0n) is 17.2. The minimum absolute atomic E-state index is 0.264. The molecule has 1 saturated carbocycles. The molecule has 1 unspecified atom stereocenters. The Kier molecular flexibility index (Phi) is 7.24. The van der Waals surface area contributed by atoms with Crippen molar-refractivity contribution < 1.29 is 9.90 Å². The Labute approximate surface area is 182 Å². The van der Waals surface area contributed by atoms with E-state index in [0.717, 1.165) is 68.4 Å². The third kappa shape index (κ3) is 5.39. The van der Waals surface area contributed by atoms with Gasteiger partial charge in [-0.1, -0.05) is 40.5 Å². The summed E-state index contributed by atoms with van der Waals surface area (Å²) in [7, 11) is 0. The topological polar surface area (TPSA) is 50.3 Å². The molecule has 1 atom stereocenters. The molecule has 0 radical (unpaired) electrons. The summed E-state index contributed by atoms with van der Waals surface area (Å²) in [5.74, 6) is 0.264. The number of carbonyl (C=O) groups excluding carboxylic acids is 1. The fourth-order valence-electron chi connectivity index (χ4n) is 4.59. The number of halogens is 1. The lowest BCUT2D eigenvalue weighted by Gasteiger charge is -2.43. The van der Waals surface area contributed by atoms with Crippen molar-refractivity contribution >= 4 is 21.8 Å². The van der Waals surface area contributed by atoms with E-state index in [1.54, 1.807) is 0 Å². The molecule has 0 spiro atoms. The van der Waals surface area contributed by atoms with Crippen LogP contribution in [0.25, 0.3) is 0 Å². The summed E-state index contributed by atoms with van der Waals surface area (Å²) in [4.78, 5) is 21.7. The molecular formula is C22H33BrN4O2. The van der Waals surface area contributed by atoms with Crippen molar-refractivity contribution in [2.75, 3.05) is 58.9 Å². The van der Waals surface area contributed by atoms with Crippen LogP contribution in [0.3, 0.4) is 0 Å². The minimum Gasteiger partial charge on any atom is -0.378 e. The molecule has 4 rings (SSSR count). The number of amides is 1. The summed E-state index contributed by atoms with van der Waals surface area (Å²) in [5.41, 5.74) is 1.12. The van der Waals surface area contributed by atoms with E-state index in [0.29, 0.717) is 13.0 Å². The second kappa shape index (κ2) is 9.88. The van der Waals surface area contributed by atoms with E-state index in [1.807, 2.05) is 29.2 Å². The van der Waals surface area contributed by atoms with E-state index in [4.69, 9.17) is 0 Å². The summed E-state index contributed by atoms with van der Waals surface area (Å²) < 4.78 is 1.04. The molecule has 2 heterocycles. The SMILES string of the molecule is O=C(CN1CCN(C(O)Cc2ccccc2Br)CC1)N1CCN(C2CCC2)CC1. The van der Waals surface area contributed by atoms with Gasteiger partial charge in [0.1, 0.15) is 6.23 Å². The number of nitrogens with zero attached hydrogens (tertiary/aromatic N) is 4. The van der Waals surface area contributed by atoms with Crippen LogP contribution >= 0.6 is 15.9 Å².